The van der Waals surface area contributed by atoms with Crippen LogP contribution >= 0.6 is 0 Å². The first-order valence-electron chi connectivity index (χ1n) is 11.2. The summed E-state index contributed by atoms with van der Waals surface area (Å²) in [6, 6.07) is 6.65. The van der Waals surface area contributed by atoms with Crippen molar-refractivity contribution in [1.82, 2.24) is 4.31 Å². The van der Waals surface area contributed by atoms with Gasteiger partial charge in [0.25, 0.3) is 5.69 Å². The van der Waals surface area contributed by atoms with Crippen LogP contribution in [0.1, 0.15) is 40.7 Å². The van der Waals surface area contributed by atoms with Gasteiger partial charge in [0.1, 0.15) is 0 Å². The van der Waals surface area contributed by atoms with Crippen molar-refractivity contribution in [2.24, 2.45) is 5.92 Å². The molecule has 4 rings (SSSR count). The molecule has 0 atom stereocenters. The highest BCUT2D eigenvalue weighted by Gasteiger charge is 2.37. The quantitative estimate of drug-likeness (QED) is 0.498. The molecule has 0 aromatic heterocycles. The second-order valence-corrected chi connectivity index (χ2v) is 11.0. The molecule has 2 aromatic rings. The van der Waals surface area contributed by atoms with E-state index in [2.05, 4.69) is 0 Å². The van der Waals surface area contributed by atoms with E-state index in [1.807, 2.05) is 33.8 Å². The van der Waals surface area contributed by atoms with E-state index in [9.17, 15) is 23.3 Å². The van der Waals surface area contributed by atoms with Crippen LogP contribution in [0.15, 0.2) is 29.2 Å². The van der Waals surface area contributed by atoms with Gasteiger partial charge in [-0.15, -0.1) is 0 Å². The molecule has 0 unspecified atom stereocenters. The lowest BCUT2D eigenvalue weighted by atomic mass is 9.96. The maximum Gasteiger partial charge on any atom is 0.271 e. The number of rotatable bonds is 4. The van der Waals surface area contributed by atoms with E-state index >= 15 is 0 Å². The molecule has 0 bridgehead atoms. The molecule has 2 heterocycles. The topological polar surface area (TPSA) is 101 Å². The number of carbonyl (C=O) groups excluding carboxylic acids is 1. The van der Waals surface area contributed by atoms with Crippen LogP contribution in [0.2, 0.25) is 0 Å². The van der Waals surface area contributed by atoms with Crippen LogP contribution in [0.3, 0.4) is 0 Å². The van der Waals surface area contributed by atoms with Crippen molar-refractivity contribution < 1.29 is 18.1 Å². The fraction of sp³-hybridized carbons (Fsp3) is 0.458. The number of hydrogen-bond acceptors (Lipinski definition) is 5. The zero-order chi connectivity index (χ0) is 24.1. The number of hydrogen-bond donors (Lipinski definition) is 0. The molecule has 0 saturated carbocycles. The monoisotopic (exact) mass is 471 g/mol. The summed E-state index contributed by atoms with van der Waals surface area (Å²) in [4.78, 5) is 26.0. The third kappa shape index (κ3) is 4.04. The molecule has 1 amide bonds. The van der Waals surface area contributed by atoms with E-state index in [1.54, 1.807) is 11.0 Å². The minimum atomic E-state index is -3.67. The van der Waals surface area contributed by atoms with Gasteiger partial charge in [-0.3, -0.25) is 14.9 Å². The Balaban J connectivity index is 1.51. The van der Waals surface area contributed by atoms with E-state index in [0.29, 0.717) is 36.4 Å². The molecule has 8 nitrogen and oxygen atoms in total. The average Bonchev–Trinajstić information content (AvgIpc) is 3.20. The Hall–Kier alpha value is -2.78. The molecule has 0 radical (unpaired) electrons. The lowest BCUT2D eigenvalue weighted by Crippen LogP contribution is -2.44. The smallest absolute Gasteiger partial charge is 0.271 e. The maximum absolute atomic E-state index is 13.5. The normalized spacial score (nSPS) is 17.3. The van der Waals surface area contributed by atoms with Gasteiger partial charge in [0.2, 0.25) is 15.9 Å². The maximum atomic E-state index is 13.5. The number of fused-ring (bicyclic) bond motifs is 1. The van der Waals surface area contributed by atoms with E-state index in [-0.39, 0.29) is 30.6 Å². The Morgan fingerprint density at radius 1 is 1.00 bits per heavy atom. The molecule has 2 aliphatic rings. The van der Waals surface area contributed by atoms with Gasteiger partial charge in [-0.25, -0.2) is 8.42 Å². The number of anilines is 1. The molecular weight excluding hydrogens is 442 g/mol. The van der Waals surface area contributed by atoms with Crippen LogP contribution in [-0.2, 0) is 21.2 Å². The molecule has 1 fully saturated rings. The van der Waals surface area contributed by atoms with E-state index in [1.165, 1.54) is 16.4 Å². The van der Waals surface area contributed by atoms with E-state index in [0.717, 1.165) is 27.8 Å². The molecule has 1 saturated heterocycles. The third-order valence-corrected chi connectivity index (χ3v) is 9.31. The number of amides is 1. The number of nitro groups is 1. The fourth-order valence-corrected chi connectivity index (χ4v) is 7.02. The SMILES string of the molecule is Cc1cc(C)c(C)c(S(=O)(=O)N2CCC(C(=O)N3CCc4ccc([N+](=O)[O-])cc43)CC2)c1C. The van der Waals surface area contributed by atoms with Gasteiger partial charge in [0.15, 0.2) is 0 Å². The summed E-state index contributed by atoms with van der Waals surface area (Å²) >= 11 is 0. The standard InChI is InChI=1S/C24H29N3O5S/c1-15-13-16(2)18(4)23(17(15)3)33(31,32)25-10-7-20(8-11-25)24(28)26-12-9-19-5-6-21(27(29)30)14-22(19)26/h5-6,13-14,20H,7-12H2,1-4H3. The van der Waals surface area contributed by atoms with Gasteiger partial charge in [0.05, 0.1) is 15.5 Å². The molecular formula is C24H29N3O5S. The molecule has 0 N–H and O–H groups in total. The summed E-state index contributed by atoms with van der Waals surface area (Å²) < 4.78 is 28.5. The predicted molar refractivity (Wildman–Crippen MR) is 126 cm³/mol. The van der Waals surface area contributed by atoms with Gasteiger partial charge in [0, 0.05) is 37.7 Å². The van der Waals surface area contributed by atoms with Crippen molar-refractivity contribution in [1.29, 1.82) is 0 Å². The van der Waals surface area contributed by atoms with Crippen LogP contribution < -0.4 is 4.90 Å². The third-order valence-electron chi connectivity index (χ3n) is 7.14. The van der Waals surface area contributed by atoms with Crippen molar-refractivity contribution in [3.05, 3.63) is 62.2 Å². The molecule has 9 heteroatoms. The summed E-state index contributed by atoms with van der Waals surface area (Å²) in [6.07, 6.45) is 1.53. The number of piperidine rings is 1. The minimum absolute atomic E-state index is 0.0337. The molecule has 33 heavy (non-hydrogen) atoms. The summed E-state index contributed by atoms with van der Waals surface area (Å²) in [5, 5.41) is 11.2. The number of nitro benzene ring substituents is 1. The largest absolute Gasteiger partial charge is 0.311 e. The highest BCUT2D eigenvalue weighted by atomic mass is 32.2. The number of carbonyl (C=O) groups is 1. The minimum Gasteiger partial charge on any atom is -0.311 e. The van der Waals surface area contributed by atoms with Crippen molar-refractivity contribution in [3.8, 4) is 0 Å². The lowest BCUT2D eigenvalue weighted by Gasteiger charge is -2.33. The average molecular weight is 472 g/mol. The molecule has 0 spiro atoms. The Morgan fingerprint density at radius 3 is 2.18 bits per heavy atom. The Labute approximate surface area is 194 Å². The zero-order valence-electron chi connectivity index (χ0n) is 19.4. The summed E-state index contributed by atoms with van der Waals surface area (Å²) in [7, 11) is -3.67. The zero-order valence-corrected chi connectivity index (χ0v) is 20.2. The highest BCUT2D eigenvalue weighted by molar-refractivity contribution is 7.89. The number of nitrogens with zero attached hydrogens (tertiary/aromatic N) is 3. The predicted octanol–water partition coefficient (Wildman–Crippen LogP) is 3.82. The second kappa shape index (κ2) is 8.53. The van der Waals surface area contributed by atoms with Crippen LogP contribution in [-0.4, -0.2) is 43.2 Å². The van der Waals surface area contributed by atoms with E-state index < -0.39 is 14.9 Å². The van der Waals surface area contributed by atoms with Crippen molar-refractivity contribution in [3.63, 3.8) is 0 Å². The number of aryl methyl sites for hydroxylation is 2. The number of sulfonamides is 1. The van der Waals surface area contributed by atoms with Gasteiger partial charge < -0.3 is 4.90 Å². The number of benzene rings is 2. The van der Waals surface area contributed by atoms with Crippen molar-refractivity contribution >= 4 is 27.3 Å². The first-order valence-corrected chi connectivity index (χ1v) is 12.6. The molecule has 0 aliphatic carbocycles. The van der Waals surface area contributed by atoms with Crippen LogP contribution in [0.4, 0.5) is 11.4 Å². The summed E-state index contributed by atoms with van der Waals surface area (Å²) in [5.41, 5.74) is 4.93. The Bertz CT molecular complexity index is 1220. The van der Waals surface area contributed by atoms with Crippen LogP contribution in [0.5, 0.6) is 0 Å². The summed E-state index contributed by atoms with van der Waals surface area (Å²) in [6.45, 7) is 8.58. The molecule has 2 aliphatic heterocycles. The highest BCUT2D eigenvalue weighted by Crippen LogP contribution is 2.35. The number of non-ortho nitro benzene ring substituents is 1. The Morgan fingerprint density at radius 2 is 1.61 bits per heavy atom. The van der Waals surface area contributed by atoms with Crippen LogP contribution in [0.25, 0.3) is 0 Å². The second-order valence-electron chi connectivity index (χ2n) is 9.08. The first kappa shape index (κ1) is 23.4. The van der Waals surface area contributed by atoms with Gasteiger partial charge in [-0.2, -0.15) is 4.31 Å². The lowest BCUT2D eigenvalue weighted by molar-refractivity contribution is -0.384. The fourth-order valence-electron chi connectivity index (χ4n) is 4.97. The Kier molecular flexibility index (Phi) is 6.05. The van der Waals surface area contributed by atoms with Crippen LogP contribution in [0, 0.1) is 43.7 Å². The molecule has 2 aromatic carbocycles. The van der Waals surface area contributed by atoms with Gasteiger partial charge >= 0.3 is 0 Å². The van der Waals surface area contributed by atoms with Crippen molar-refractivity contribution in [2.45, 2.75) is 51.9 Å². The first-order chi connectivity index (χ1) is 15.5. The van der Waals surface area contributed by atoms with Gasteiger partial charge in [-0.05, 0) is 74.8 Å². The van der Waals surface area contributed by atoms with E-state index in [4.69, 9.17) is 0 Å². The van der Waals surface area contributed by atoms with Crippen molar-refractivity contribution in [2.75, 3.05) is 24.5 Å². The molecule has 176 valence electrons. The van der Waals surface area contributed by atoms with Gasteiger partial charge in [-0.1, -0.05) is 12.1 Å². The summed E-state index contributed by atoms with van der Waals surface area (Å²) in [5.74, 6) is -0.381.